The van der Waals surface area contributed by atoms with Crippen molar-refractivity contribution in [2.24, 2.45) is 0 Å². The predicted octanol–water partition coefficient (Wildman–Crippen LogP) is 3.50. The minimum Gasteiger partial charge on any atom is -0.220 e. The van der Waals surface area contributed by atoms with Gasteiger partial charge in [-0.05, 0) is 19.1 Å². The van der Waals surface area contributed by atoms with E-state index >= 15 is 0 Å². The Morgan fingerprint density at radius 1 is 1.41 bits per heavy atom. The molecule has 17 heavy (non-hydrogen) atoms. The lowest BCUT2D eigenvalue weighted by molar-refractivity contribution is 0.626. The number of rotatable bonds is 1. The lowest BCUT2D eigenvalue weighted by Gasteiger charge is -2.03. The van der Waals surface area contributed by atoms with Gasteiger partial charge in [-0.3, -0.25) is 0 Å². The zero-order valence-electron chi connectivity index (χ0n) is 8.71. The molecule has 0 atom stereocenters. The lowest BCUT2D eigenvalue weighted by atomic mass is 10.3. The molecule has 0 saturated heterocycles. The summed E-state index contributed by atoms with van der Waals surface area (Å²) < 4.78 is 14.6. The topological polar surface area (TPSA) is 41.6 Å². The standard InChI is InChI=1S/C11H6Cl2FN3/c1-6-8(5-15)11(13)17(16-6)7-2-3-9(12)10(14)4-7/h2-4H,1H3. The fraction of sp³-hybridized carbons (Fsp3) is 0.0909. The van der Waals surface area contributed by atoms with Gasteiger partial charge in [0.25, 0.3) is 0 Å². The molecule has 2 aromatic rings. The van der Waals surface area contributed by atoms with Crippen molar-refractivity contribution in [2.75, 3.05) is 0 Å². The van der Waals surface area contributed by atoms with Crippen molar-refractivity contribution < 1.29 is 4.39 Å². The largest absolute Gasteiger partial charge is 0.220 e. The van der Waals surface area contributed by atoms with Crippen LogP contribution in [0.3, 0.4) is 0 Å². The van der Waals surface area contributed by atoms with Gasteiger partial charge in [0.1, 0.15) is 17.4 Å². The van der Waals surface area contributed by atoms with E-state index < -0.39 is 5.82 Å². The highest BCUT2D eigenvalue weighted by Crippen LogP contribution is 2.24. The highest BCUT2D eigenvalue weighted by atomic mass is 35.5. The summed E-state index contributed by atoms with van der Waals surface area (Å²) >= 11 is 11.6. The van der Waals surface area contributed by atoms with Gasteiger partial charge in [-0.1, -0.05) is 23.2 Å². The Hall–Kier alpha value is -1.57. The van der Waals surface area contributed by atoms with Crippen molar-refractivity contribution in [1.29, 1.82) is 5.26 Å². The first-order chi connectivity index (χ1) is 8.04. The summed E-state index contributed by atoms with van der Waals surface area (Å²) in [6, 6.07) is 6.14. The third kappa shape index (κ3) is 1.99. The van der Waals surface area contributed by atoms with Gasteiger partial charge in [-0.15, -0.1) is 0 Å². The molecule has 1 heterocycles. The van der Waals surface area contributed by atoms with Gasteiger partial charge in [-0.25, -0.2) is 9.07 Å². The average Bonchev–Trinajstić information content (AvgIpc) is 2.58. The van der Waals surface area contributed by atoms with Crippen LogP contribution in [0, 0.1) is 24.1 Å². The van der Waals surface area contributed by atoms with Crippen LogP contribution in [0.25, 0.3) is 5.69 Å². The molecule has 0 radical (unpaired) electrons. The molecule has 1 aromatic heterocycles. The fourth-order valence-corrected chi connectivity index (χ4v) is 1.85. The Balaban J connectivity index is 2.62. The van der Waals surface area contributed by atoms with E-state index in [2.05, 4.69) is 5.10 Å². The van der Waals surface area contributed by atoms with E-state index in [1.54, 1.807) is 13.0 Å². The number of hydrogen-bond donors (Lipinski definition) is 0. The minimum absolute atomic E-state index is 0.0225. The summed E-state index contributed by atoms with van der Waals surface area (Å²) in [6.45, 7) is 1.66. The summed E-state index contributed by atoms with van der Waals surface area (Å²) in [5.74, 6) is -0.563. The van der Waals surface area contributed by atoms with Crippen LogP contribution in [-0.4, -0.2) is 9.78 Å². The lowest BCUT2D eigenvalue weighted by Crippen LogP contribution is -1.97. The zero-order valence-corrected chi connectivity index (χ0v) is 10.2. The molecule has 0 amide bonds. The Bertz CT molecular complexity index is 628. The minimum atomic E-state index is -0.563. The molecule has 0 aliphatic rings. The van der Waals surface area contributed by atoms with E-state index in [4.69, 9.17) is 28.5 Å². The second kappa shape index (κ2) is 4.36. The fourth-order valence-electron chi connectivity index (χ4n) is 1.41. The van der Waals surface area contributed by atoms with Gasteiger partial charge in [0.05, 0.1) is 16.4 Å². The number of aryl methyl sites for hydroxylation is 1. The first-order valence-corrected chi connectivity index (χ1v) is 5.41. The van der Waals surface area contributed by atoms with Crippen molar-refractivity contribution in [3.8, 4) is 11.8 Å². The van der Waals surface area contributed by atoms with Crippen LogP contribution < -0.4 is 0 Å². The monoisotopic (exact) mass is 269 g/mol. The van der Waals surface area contributed by atoms with Crippen LogP contribution in [0.5, 0.6) is 0 Å². The third-order valence-electron chi connectivity index (χ3n) is 2.26. The molecule has 6 heteroatoms. The van der Waals surface area contributed by atoms with Gasteiger partial charge in [0, 0.05) is 6.07 Å². The molecule has 0 aliphatic carbocycles. The predicted molar refractivity (Wildman–Crippen MR) is 63.0 cm³/mol. The number of nitrogens with zero attached hydrogens (tertiary/aromatic N) is 3. The quantitative estimate of drug-likeness (QED) is 0.795. The zero-order chi connectivity index (χ0) is 12.6. The Morgan fingerprint density at radius 3 is 2.65 bits per heavy atom. The van der Waals surface area contributed by atoms with Gasteiger partial charge >= 0.3 is 0 Å². The summed E-state index contributed by atoms with van der Waals surface area (Å²) in [6.07, 6.45) is 0. The smallest absolute Gasteiger partial charge is 0.150 e. The number of benzene rings is 1. The van der Waals surface area contributed by atoms with E-state index in [0.29, 0.717) is 11.4 Å². The highest BCUT2D eigenvalue weighted by molar-refractivity contribution is 6.31. The Morgan fingerprint density at radius 2 is 2.12 bits per heavy atom. The number of hydrogen-bond acceptors (Lipinski definition) is 2. The maximum atomic E-state index is 13.3. The van der Waals surface area contributed by atoms with Crippen molar-refractivity contribution in [1.82, 2.24) is 9.78 Å². The van der Waals surface area contributed by atoms with E-state index in [1.165, 1.54) is 16.8 Å². The van der Waals surface area contributed by atoms with Gasteiger partial charge < -0.3 is 0 Å². The summed E-state index contributed by atoms with van der Waals surface area (Å²) in [7, 11) is 0. The Kier molecular flexibility index (Phi) is 3.05. The second-order valence-corrected chi connectivity index (χ2v) is 4.14. The van der Waals surface area contributed by atoms with Crippen LogP contribution in [0.2, 0.25) is 10.2 Å². The summed E-state index contributed by atoms with van der Waals surface area (Å²) in [4.78, 5) is 0. The van der Waals surface area contributed by atoms with E-state index in [1.807, 2.05) is 6.07 Å². The Labute approximate surface area is 107 Å². The molecular formula is C11H6Cl2FN3. The maximum Gasteiger partial charge on any atom is 0.150 e. The molecule has 1 aromatic carbocycles. The average molecular weight is 270 g/mol. The van der Waals surface area contributed by atoms with Crippen LogP contribution in [0.4, 0.5) is 4.39 Å². The molecule has 0 fully saturated rings. The van der Waals surface area contributed by atoms with Crippen LogP contribution >= 0.6 is 23.2 Å². The number of aromatic nitrogens is 2. The van der Waals surface area contributed by atoms with E-state index in [-0.39, 0.29) is 15.7 Å². The molecule has 0 N–H and O–H groups in total. The first-order valence-electron chi connectivity index (χ1n) is 4.65. The molecule has 0 aliphatic heterocycles. The van der Waals surface area contributed by atoms with Gasteiger partial charge in [-0.2, -0.15) is 10.4 Å². The van der Waals surface area contributed by atoms with Crippen LogP contribution in [0.15, 0.2) is 18.2 Å². The van der Waals surface area contributed by atoms with Crippen molar-refractivity contribution in [2.45, 2.75) is 6.92 Å². The van der Waals surface area contributed by atoms with E-state index in [9.17, 15) is 4.39 Å². The normalized spacial score (nSPS) is 10.3. The van der Waals surface area contributed by atoms with E-state index in [0.717, 1.165) is 0 Å². The molecule has 2 rings (SSSR count). The van der Waals surface area contributed by atoms with Crippen molar-refractivity contribution in [3.05, 3.63) is 45.4 Å². The number of halogens is 3. The molecule has 0 unspecified atom stereocenters. The van der Waals surface area contributed by atoms with Crippen LogP contribution in [0.1, 0.15) is 11.3 Å². The number of nitriles is 1. The highest BCUT2D eigenvalue weighted by Gasteiger charge is 2.14. The molecule has 0 saturated carbocycles. The maximum absolute atomic E-state index is 13.3. The molecule has 0 spiro atoms. The van der Waals surface area contributed by atoms with Crippen molar-refractivity contribution >= 4 is 23.2 Å². The third-order valence-corrected chi connectivity index (χ3v) is 2.92. The summed E-state index contributed by atoms with van der Waals surface area (Å²) in [5, 5.41) is 13.1. The van der Waals surface area contributed by atoms with Crippen molar-refractivity contribution in [3.63, 3.8) is 0 Å². The summed E-state index contributed by atoms with van der Waals surface area (Å²) in [5.41, 5.74) is 1.19. The van der Waals surface area contributed by atoms with Gasteiger partial charge in [0.15, 0.2) is 5.15 Å². The van der Waals surface area contributed by atoms with Crippen LogP contribution in [-0.2, 0) is 0 Å². The SMILES string of the molecule is Cc1nn(-c2ccc(Cl)c(F)c2)c(Cl)c1C#N. The second-order valence-electron chi connectivity index (χ2n) is 3.37. The first kappa shape index (κ1) is 11.9. The molecule has 0 bridgehead atoms. The molecule has 3 nitrogen and oxygen atoms in total. The molecular weight excluding hydrogens is 264 g/mol. The van der Waals surface area contributed by atoms with Gasteiger partial charge in [0.2, 0.25) is 0 Å². The molecule has 86 valence electrons.